The van der Waals surface area contributed by atoms with Crippen LogP contribution in [-0.2, 0) is 4.79 Å². The van der Waals surface area contributed by atoms with Crippen LogP contribution in [-0.4, -0.2) is 61.4 Å². The van der Waals surface area contributed by atoms with Gasteiger partial charge in [0, 0.05) is 33.2 Å². The molecule has 0 spiro atoms. The molecular weight excluding hydrogens is 314 g/mol. The van der Waals surface area contributed by atoms with Gasteiger partial charge in [-0.15, -0.1) is 0 Å². The van der Waals surface area contributed by atoms with E-state index >= 15 is 0 Å². The van der Waals surface area contributed by atoms with Gasteiger partial charge in [-0.05, 0) is 28.1 Å². The first-order valence-electron chi connectivity index (χ1n) is 6.07. The van der Waals surface area contributed by atoms with Crippen molar-refractivity contribution >= 4 is 27.7 Å². The van der Waals surface area contributed by atoms with Crippen LogP contribution >= 0.6 is 15.9 Å². The molecule has 1 fully saturated rings. The minimum absolute atomic E-state index is 0.00487. The molecule has 0 unspecified atom stereocenters. The summed E-state index contributed by atoms with van der Waals surface area (Å²) in [5.41, 5.74) is 0. The molecule has 0 aliphatic carbocycles. The monoisotopic (exact) mass is 329 g/mol. The number of likely N-dealkylation sites (N-methyl/N-ethyl adjacent to an activating group) is 1. The summed E-state index contributed by atoms with van der Waals surface area (Å²) in [6.07, 6.45) is 0. The van der Waals surface area contributed by atoms with E-state index in [1.54, 1.807) is 24.1 Å². The summed E-state index contributed by atoms with van der Waals surface area (Å²) in [5.74, 6) is 0.228. The van der Waals surface area contributed by atoms with Gasteiger partial charge in [-0.25, -0.2) is 0 Å². The lowest BCUT2D eigenvalue weighted by Gasteiger charge is -2.33. The van der Waals surface area contributed by atoms with Gasteiger partial charge in [-0.3, -0.25) is 14.5 Å². The number of hydrogen-bond acceptors (Lipinski definition) is 4. The van der Waals surface area contributed by atoms with Crippen LogP contribution in [0.1, 0.15) is 10.6 Å². The van der Waals surface area contributed by atoms with E-state index in [1.165, 1.54) is 0 Å². The zero-order valence-corrected chi connectivity index (χ0v) is 12.3. The van der Waals surface area contributed by atoms with Crippen molar-refractivity contribution in [1.29, 1.82) is 0 Å². The van der Waals surface area contributed by atoms with E-state index in [0.29, 0.717) is 43.2 Å². The van der Waals surface area contributed by atoms with Gasteiger partial charge in [0.2, 0.25) is 5.91 Å². The highest BCUT2D eigenvalue weighted by Crippen LogP contribution is 2.16. The molecule has 0 atom stereocenters. The summed E-state index contributed by atoms with van der Waals surface area (Å²) < 4.78 is 5.81. The number of nitrogens with zero attached hydrogens (tertiary/aromatic N) is 2. The highest BCUT2D eigenvalue weighted by molar-refractivity contribution is 9.10. The molecular formula is C12H16BrN3O3. The Morgan fingerprint density at radius 3 is 2.53 bits per heavy atom. The standard InChI is InChI=1S/C12H16BrN3O3/c1-14-11(17)8-15-4-6-16(7-5-15)12(18)9-2-3-10(13)19-9/h2-3H,4-8H2,1H3,(H,14,17). The van der Waals surface area contributed by atoms with Gasteiger partial charge in [0.15, 0.2) is 10.4 Å². The Balaban J connectivity index is 1.86. The van der Waals surface area contributed by atoms with Crippen LogP contribution in [0.4, 0.5) is 0 Å². The number of rotatable bonds is 3. The zero-order valence-electron chi connectivity index (χ0n) is 10.7. The Morgan fingerprint density at radius 1 is 1.32 bits per heavy atom. The van der Waals surface area contributed by atoms with Crippen molar-refractivity contribution in [2.75, 3.05) is 39.8 Å². The zero-order chi connectivity index (χ0) is 13.8. The fourth-order valence-electron chi connectivity index (χ4n) is 1.98. The van der Waals surface area contributed by atoms with Crippen LogP contribution < -0.4 is 5.32 Å². The van der Waals surface area contributed by atoms with Gasteiger partial charge in [0.25, 0.3) is 5.91 Å². The largest absolute Gasteiger partial charge is 0.444 e. The van der Waals surface area contributed by atoms with Crippen LogP contribution in [0, 0.1) is 0 Å². The van der Waals surface area contributed by atoms with Gasteiger partial charge in [0.1, 0.15) is 0 Å². The van der Waals surface area contributed by atoms with Crippen molar-refractivity contribution in [2.24, 2.45) is 0 Å². The molecule has 1 aromatic heterocycles. The number of amides is 2. The SMILES string of the molecule is CNC(=O)CN1CCN(C(=O)c2ccc(Br)o2)CC1. The molecule has 2 amide bonds. The van der Waals surface area contributed by atoms with Crippen molar-refractivity contribution in [1.82, 2.24) is 15.1 Å². The Bertz CT molecular complexity index is 467. The molecule has 2 heterocycles. The highest BCUT2D eigenvalue weighted by atomic mass is 79.9. The van der Waals surface area contributed by atoms with Crippen LogP contribution in [0.25, 0.3) is 0 Å². The molecule has 0 bridgehead atoms. The third kappa shape index (κ3) is 3.57. The lowest BCUT2D eigenvalue weighted by Crippen LogP contribution is -2.50. The average molecular weight is 330 g/mol. The summed E-state index contributed by atoms with van der Waals surface area (Å²) in [5, 5.41) is 2.59. The number of carbonyl (C=O) groups is 2. The Labute approximate surface area is 119 Å². The summed E-state index contributed by atoms with van der Waals surface area (Å²) in [6, 6.07) is 3.36. The van der Waals surface area contributed by atoms with E-state index in [4.69, 9.17) is 4.42 Å². The molecule has 1 aliphatic rings. The van der Waals surface area contributed by atoms with E-state index < -0.39 is 0 Å². The van der Waals surface area contributed by atoms with Crippen LogP contribution in [0.15, 0.2) is 21.2 Å². The predicted octanol–water partition coefficient (Wildman–Crippen LogP) is 0.546. The van der Waals surface area contributed by atoms with Gasteiger partial charge in [-0.1, -0.05) is 0 Å². The number of hydrogen-bond donors (Lipinski definition) is 1. The molecule has 0 saturated carbocycles. The van der Waals surface area contributed by atoms with Crippen LogP contribution in [0.2, 0.25) is 0 Å². The maximum absolute atomic E-state index is 12.1. The molecule has 104 valence electrons. The highest BCUT2D eigenvalue weighted by Gasteiger charge is 2.24. The average Bonchev–Trinajstić information content (AvgIpc) is 2.85. The third-order valence-corrected chi connectivity index (χ3v) is 3.52. The quantitative estimate of drug-likeness (QED) is 0.879. The smallest absolute Gasteiger partial charge is 0.289 e. The first-order chi connectivity index (χ1) is 9.10. The lowest BCUT2D eigenvalue weighted by atomic mass is 10.3. The van der Waals surface area contributed by atoms with Gasteiger partial charge in [0.05, 0.1) is 6.54 Å². The normalized spacial score (nSPS) is 16.4. The Morgan fingerprint density at radius 2 is 2.00 bits per heavy atom. The molecule has 1 aromatic rings. The predicted molar refractivity (Wildman–Crippen MR) is 72.8 cm³/mol. The maximum Gasteiger partial charge on any atom is 0.289 e. The van der Waals surface area contributed by atoms with Crippen molar-refractivity contribution in [2.45, 2.75) is 0 Å². The van der Waals surface area contributed by atoms with Crippen LogP contribution in [0.5, 0.6) is 0 Å². The summed E-state index contributed by atoms with van der Waals surface area (Å²) in [7, 11) is 1.62. The maximum atomic E-state index is 12.1. The molecule has 2 rings (SSSR count). The Kier molecular flexibility index (Phi) is 4.60. The number of carbonyl (C=O) groups excluding carboxylic acids is 2. The third-order valence-electron chi connectivity index (χ3n) is 3.09. The summed E-state index contributed by atoms with van der Waals surface area (Å²) >= 11 is 3.18. The number of halogens is 1. The fraction of sp³-hybridized carbons (Fsp3) is 0.500. The minimum Gasteiger partial charge on any atom is -0.444 e. The molecule has 19 heavy (non-hydrogen) atoms. The van der Waals surface area contributed by atoms with Gasteiger partial charge in [-0.2, -0.15) is 0 Å². The van der Waals surface area contributed by atoms with E-state index in [9.17, 15) is 9.59 Å². The second kappa shape index (κ2) is 6.21. The molecule has 0 radical (unpaired) electrons. The molecule has 7 heteroatoms. The van der Waals surface area contributed by atoms with E-state index in [-0.39, 0.29) is 11.8 Å². The first-order valence-corrected chi connectivity index (χ1v) is 6.87. The lowest BCUT2D eigenvalue weighted by molar-refractivity contribution is -0.122. The number of piperazine rings is 1. The summed E-state index contributed by atoms with van der Waals surface area (Å²) in [6.45, 7) is 2.98. The first kappa shape index (κ1) is 14.1. The molecule has 1 N–H and O–H groups in total. The molecule has 1 aliphatic heterocycles. The van der Waals surface area contributed by atoms with Crippen molar-refractivity contribution in [3.8, 4) is 0 Å². The summed E-state index contributed by atoms with van der Waals surface area (Å²) in [4.78, 5) is 27.1. The van der Waals surface area contributed by atoms with Gasteiger partial charge < -0.3 is 14.6 Å². The second-order valence-electron chi connectivity index (χ2n) is 4.35. The van der Waals surface area contributed by atoms with Gasteiger partial charge >= 0.3 is 0 Å². The fourth-order valence-corrected chi connectivity index (χ4v) is 2.28. The van der Waals surface area contributed by atoms with Crippen LogP contribution in [0.3, 0.4) is 0 Å². The van der Waals surface area contributed by atoms with E-state index in [1.807, 2.05) is 4.90 Å². The molecule has 1 saturated heterocycles. The second-order valence-corrected chi connectivity index (χ2v) is 5.13. The molecule has 6 nitrogen and oxygen atoms in total. The van der Waals surface area contributed by atoms with Crippen molar-refractivity contribution in [3.63, 3.8) is 0 Å². The van der Waals surface area contributed by atoms with E-state index in [2.05, 4.69) is 21.2 Å². The number of nitrogens with one attached hydrogen (secondary N) is 1. The van der Waals surface area contributed by atoms with Crippen molar-refractivity contribution < 1.29 is 14.0 Å². The topological polar surface area (TPSA) is 65.8 Å². The Hall–Kier alpha value is -1.34. The van der Waals surface area contributed by atoms with Crippen molar-refractivity contribution in [3.05, 3.63) is 22.6 Å². The molecule has 0 aromatic carbocycles. The van der Waals surface area contributed by atoms with E-state index in [0.717, 1.165) is 0 Å². The minimum atomic E-state index is -0.106. The number of furan rings is 1.